The average molecular weight is 397 g/mol. The van der Waals surface area contributed by atoms with E-state index in [1.165, 1.54) is 0 Å². The molecule has 0 unspecified atom stereocenters. The van der Waals surface area contributed by atoms with Gasteiger partial charge in [0.15, 0.2) is 5.89 Å². The van der Waals surface area contributed by atoms with Gasteiger partial charge in [0, 0.05) is 30.3 Å². The van der Waals surface area contributed by atoms with E-state index in [1.807, 2.05) is 24.3 Å². The molecule has 0 saturated heterocycles. The Bertz CT molecular complexity index is 1090. The van der Waals surface area contributed by atoms with E-state index in [1.54, 1.807) is 38.8 Å². The van der Waals surface area contributed by atoms with Crippen molar-refractivity contribution in [1.82, 2.24) is 19.9 Å². The van der Waals surface area contributed by atoms with Gasteiger partial charge in [0.25, 0.3) is 0 Å². The molecule has 1 N–H and O–H groups in total. The number of nitrogens with zero attached hydrogens (tertiary/aromatic N) is 3. The standard InChI is InChI=1S/C20H17ClN4O3/c1-12-24-14(10-27-12)11-28-15-4-5-16(18(7-15)26-2)17-9-23-20(25-17)13-3-6-19(21)22-8-13/h3-10H,11H2,1-2H3,(H,23,25). The van der Waals surface area contributed by atoms with Crippen LogP contribution in [-0.2, 0) is 6.61 Å². The molecule has 0 saturated carbocycles. The van der Waals surface area contributed by atoms with E-state index in [0.717, 1.165) is 22.5 Å². The molecular formula is C20H17ClN4O3. The van der Waals surface area contributed by atoms with Gasteiger partial charge in [-0.1, -0.05) is 11.6 Å². The molecule has 142 valence electrons. The maximum atomic E-state index is 5.84. The lowest BCUT2D eigenvalue weighted by atomic mass is 10.1. The molecule has 0 fully saturated rings. The highest BCUT2D eigenvalue weighted by Gasteiger charge is 2.12. The molecule has 3 aromatic heterocycles. The van der Waals surface area contributed by atoms with Crippen molar-refractivity contribution < 1.29 is 13.9 Å². The third-order valence-corrected chi connectivity index (χ3v) is 4.32. The van der Waals surface area contributed by atoms with E-state index in [4.69, 9.17) is 25.5 Å². The second kappa shape index (κ2) is 7.74. The van der Waals surface area contributed by atoms with Crippen molar-refractivity contribution in [3.8, 4) is 34.1 Å². The highest BCUT2D eigenvalue weighted by Crippen LogP contribution is 2.33. The van der Waals surface area contributed by atoms with Crippen molar-refractivity contribution in [2.45, 2.75) is 13.5 Å². The lowest BCUT2D eigenvalue weighted by Gasteiger charge is -2.10. The van der Waals surface area contributed by atoms with E-state index < -0.39 is 0 Å². The number of benzene rings is 1. The summed E-state index contributed by atoms with van der Waals surface area (Å²) in [5.74, 6) is 2.64. The Balaban J connectivity index is 1.55. The Morgan fingerprint density at radius 2 is 2.04 bits per heavy atom. The van der Waals surface area contributed by atoms with Crippen molar-refractivity contribution >= 4 is 11.6 Å². The number of rotatable bonds is 6. The SMILES string of the molecule is COc1cc(OCc2coc(C)n2)ccc1-c1cnc(-c2ccc(Cl)nc2)[nH]1. The number of aromatic amines is 1. The summed E-state index contributed by atoms with van der Waals surface area (Å²) < 4.78 is 16.5. The molecule has 0 aliphatic rings. The molecule has 28 heavy (non-hydrogen) atoms. The maximum absolute atomic E-state index is 5.84. The van der Waals surface area contributed by atoms with E-state index in [-0.39, 0.29) is 0 Å². The molecule has 0 amide bonds. The number of hydrogen-bond donors (Lipinski definition) is 1. The molecule has 0 spiro atoms. The first-order chi connectivity index (χ1) is 13.6. The molecular weight excluding hydrogens is 380 g/mol. The summed E-state index contributed by atoms with van der Waals surface area (Å²) >= 11 is 5.84. The molecule has 0 radical (unpaired) electrons. The third kappa shape index (κ3) is 3.84. The molecule has 4 rings (SSSR count). The van der Waals surface area contributed by atoms with Gasteiger partial charge in [0.1, 0.15) is 41.0 Å². The predicted molar refractivity (Wildman–Crippen MR) is 104 cm³/mol. The van der Waals surface area contributed by atoms with Gasteiger partial charge < -0.3 is 18.9 Å². The zero-order valence-corrected chi connectivity index (χ0v) is 16.0. The van der Waals surface area contributed by atoms with Crippen LogP contribution in [0.15, 0.2) is 53.4 Å². The molecule has 1 aromatic carbocycles. The lowest BCUT2D eigenvalue weighted by Crippen LogP contribution is -1.97. The Labute approximate surface area is 166 Å². The normalized spacial score (nSPS) is 10.8. The number of H-pyrrole nitrogens is 1. The Morgan fingerprint density at radius 1 is 1.14 bits per heavy atom. The van der Waals surface area contributed by atoms with E-state index in [9.17, 15) is 0 Å². The number of aromatic nitrogens is 4. The number of aryl methyl sites for hydroxylation is 1. The molecule has 4 aromatic rings. The van der Waals surface area contributed by atoms with Gasteiger partial charge in [-0.3, -0.25) is 0 Å². The molecule has 0 aliphatic carbocycles. The van der Waals surface area contributed by atoms with Crippen molar-refractivity contribution in [3.05, 3.63) is 65.7 Å². The van der Waals surface area contributed by atoms with Crippen LogP contribution >= 0.6 is 11.6 Å². The van der Waals surface area contributed by atoms with Crippen molar-refractivity contribution in [2.24, 2.45) is 0 Å². The minimum absolute atomic E-state index is 0.317. The molecule has 7 nitrogen and oxygen atoms in total. The molecule has 8 heteroatoms. The topological polar surface area (TPSA) is 86.1 Å². The zero-order valence-electron chi connectivity index (χ0n) is 15.3. The van der Waals surface area contributed by atoms with Gasteiger partial charge in [-0.05, 0) is 24.3 Å². The minimum Gasteiger partial charge on any atom is -0.496 e. The molecule has 0 atom stereocenters. The summed E-state index contributed by atoms with van der Waals surface area (Å²) in [6, 6.07) is 9.20. The highest BCUT2D eigenvalue weighted by atomic mass is 35.5. The van der Waals surface area contributed by atoms with Gasteiger partial charge in [0.2, 0.25) is 0 Å². The van der Waals surface area contributed by atoms with Crippen LogP contribution in [0.1, 0.15) is 11.6 Å². The summed E-state index contributed by atoms with van der Waals surface area (Å²) in [4.78, 5) is 16.0. The smallest absolute Gasteiger partial charge is 0.191 e. The summed E-state index contributed by atoms with van der Waals surface area (Å²) in [7, 11) is 1.62. The average Bonchev–Trinajstić information content (AvgIpc) is 3.36. The zero-order chi connectivity index (χ0) is 19.5. The monoisotopic (exact) mass is 396 g/mol. The van der Waals surface area contributed by atoms with Crippen LogP contribution in [0.3, 0.4) is 0 Å². The van der Waals surface area contributed by atoms with Gasteiger partial charge in [-0.25, -0.2) is 15.0 Å². The van der Waals surface area contributed by atoms with Crippen molar-refractivity contribution in [1.29, 1.82) is 0 Å². The summed E-state index contributed by atoms with van der Waals surface area (Å²) in [6.07, 6.45) is 5.00. The van der Waals surface area contributed by atoms with Crippen LogP contribution < -0.4 is 9.47 Å². The van der Waals surface area contributed by atoms with Gasteiger partial charge in [0.05, 0.1) is 19.0 Å². The predicted octanol–water partition coefficient (Wildman–Crippen LogP) is 4.68. The van der Waals surface area contributed by atoms with Crippen LogP contribution in [0.25, 0.3) is 22.6 Å². The van der Waals surface area contributed by atoms with Crippen molar-refractivity contribution in [2.75, 3.05) is 7.11 Å². The third-order valence-electron chi connectivity index (χ3n) is 4.09. The van der Waals surface area contributed by atoms with Crippen LogP contribution in [0.2, 0.25) is 5.15 Å². The van der Waals surface area contributed by atoms with E-state index in [0.29, 0.717) is 35.0 Å². The number of pyridine rings is 1. The number of imidazole rings is 1. The number of halogens is 1. The Morgan fingerprint density at radius 3 is 2.75 bits per heavy atom. The summed E-state index contributed by atoms with van der Waals surface area (Å²) in [5, 5.41) is 0.438. The Kier molecular flexibility index (Phi) is 4.99. The number of methoxy groups -OCH3 is 1. The fraction of sp³-hybridized carbons (Fsp3) is 0.150. The lowest BCUT2D eigenvalue weighted by molar-refractivity contribution is 0.298. The van der Waals surface area contributed by atoms with E-state index in [2.05, 4.69) is 19.9 Å². The van der Waals surface area contributed by atoms with Gasteiger partial charge >= 0.3 is 0 Å². The maximum Gasteiger partial charge on any atom is 0.191 e. The largest absolute Gasteiger partial charge is 0.496 e. The van der Waals surface area contributed by atoms with Crippen molar-refractivity contribution in [3.63, 3.8) is 0 Å². The fourth-order valence-electron chi connectivity index (χ4n) is 2.74. The number of oxazole rings is 1. The second-order valence-corrected chi connectivity index (χ2v) is 6.41. The van der Waals surface area contributed by atoms with E-state index >= 15 is 0 Å². The van der Waals surface area contributed by atoms with Gasteiger partial charge in [-0.2, -0.15) is 0 Å². The molecule has 0 bridgehead atoms. The first-order valence-corrected chi connectivity index (χ1v) is 8.89. The van der Waals surface area contributed by atoms with Gasteiger partial charge in [-0.15, -0.1) is 0 Å². The molecule has 0 aliphatic heterocycles. The first kappa shape index (κ1) is 18.1. The minimum atomic E-state index is 0.317. The number of hydrogen-bond acceptors (Lipinski definition) is 6. The quantitative estimate of drug-likeness (QED) is 0.476. The Hall–Kier alpha value is -3.32. The summed E-state index contributed by atoms with van der Waals surface area (Å²) in [5.41, 5.74) is 3.26. The fourth-order valence-corrected chi connectivity index (χ4v) is 2.85. The number of nitrogens with one attached hydrogen (secondary N) is 1. The van der Waals surface area contributed by atoms with Crippen LogP contribution in [0.5, 0.6) is 11.5 Å². The van der Waals surface area contributed by atoms with Crippen LogP contribution in [-0.4, -0.2) is 27.0 Å². The van der Waals surface area contributed by atoms with Crippen LogP contribution in [0.4, 0.5) is 0 Å². The molecule has 3 heterocycles. The van der Waals surface area contributed by atoms with Crippen LogP contribution in [0, 0.1) is 6.92 Å². The first-order valence-electron chi connectivity index (χ1n) is 8.51. The second-order valence-electron chi connectivity index (χ2n) is 6.02. The highest BCUT2D eigenvalue weighted by molar-refractivity contribution is 6.29. The number of ether oxygens (including phenoxy) is 2. The summed E-state index contributed by atoms with van der Waals surface area (Å²) in [6.45, 7) is 2.11.